The molecular weight excluding hydrogens is 295 g/mol. The van der Waals surface area contributed by atoms with E-state index in [0.29, 0.717) is 12.3 Å². The fourth-order valence-corrected chi connectivity index (χ4v) is 2.71. The zero-order valence-electron chi connectivity index (χ0n) is 12.3. The number of hydrogen-bond acceptors (Lipinski definition) is 3. The summed E-state index contributed by atoms with van der Waals surface area (Å²) in [6, 6.07) is 4.18. The van der Waals surface area contributed by atoms with Gasteiger partial charge < -0.3 is 15.4 Å². The van der Waals surface area contributed by atoms with Crippen LogP contribution in [0.1, 0.15) is 36.5 Å². The van der Waals surface area contributed by atoms with Gasteiger partial charge in [-0.1, -0.05) is 0 Å². The maximum atomic E-state index is 14.0. The fraction of sp³-hybridized carbons (Fsp3) is 0.533. The number of amides is 1. The molecule has 1 amide bonds. The Morgan fingerprint density at radius 1 is 1.48 bits per heavy atom. The molecule has 0 spiro atoms. The smallest absolute Gasteiger partial charge is 0.257 e. The van der Waals surface area contributed by atoms with E-state index in [4.69, 9.17) is 10.5 Å². The van der Waals surface area contributed by atoms with Crippen LogP contribution in [0, 0.1) is 5.82 Å². The number of piperidine rings is 1. The summed E-state index contributed by atoms with van der Waals surface area (Å²) in [5.41, 5.74) is 6.03. The Morgan fingerprint density at radius 3 is 2.76 bits per heavy atom. The Bertz CT molecular complexity index is 497. The van der Waals surface area contributed by atoms with Crippen molar-refractivity contribution in [3.63, 3.8) is 0 Å². The summed E-state index contributed by atoms with van der Waals surface area (Å²) in [6.07, 6.45) is 2.87. The van der Waals surface area contributed by atoms with Gasteiger partial charge in [-0.2, -0.15) is 0 Å². The molecule has 0 saturated carbocycles. The molecule has 0 aliphatic carbocycles. The third kappa shape index (κ3) is 3.86. The van der Waals surface area contributed by atoms with E-state index in [2.05, 4.69) is 0 Å². The molecule has 0 aromatic heterocycles. The first-order chi connectivity index (χ1) is 9.54. The second-order valence-corrected chi connectivity index (χ2v) is 5.27. The lowest BCUT2D eigenvalue weighted by Gasteiger charge is -2.38. The van der Waals surface area contributed by atoms with Crippen LogP contribution in [0.5, 0.6) is 5.75 Å². The van der Waals surface area contributed by atoms with E-state index in [0.717, 1.165) is 19.3 Å². The molecule has 1 aromatic carbocycles. The van der Waals surface area contributed by atoms with Crippen molar-refractivity contribution in [1.82, 2.24) is 4.90 Å². The third-order valence-corrected chi connectivity index (χ3v) is 3.82. The summed E-state index contributed by atoms with van der Waals surface area (Å²) < 4.78 is 19.0. The number of nitrogens with zero attached hydrogens (tertiary/aromatic N) is 1. The van der Waals surface area contributed by atoms with Crippen molar-refractivity contribution in [1.29, 1.82) is 0 Å². The van der Waals surface area contributed by atoms with E-state index in [-0.39, 0.29) is 36.0 Å². The molecule has 1 fully saturated rings. The first-order valence-corrected chi connectivity index (χ1v) is 6.94. The average Bonchev–Trinajstić information content (AvgIpc) is 2.46. The SMILES string of the molecule is COc1ccc(C(=O)N2CCCCC2C(C)N)c(F)c1.Cl. The molecular formula is C15H22ClFN2O2. The van der Waals surface area contributed by atoms with Crippen molar-refractivity contribution in [3.8, 4) is 5.75 Å². The van der Waals surface area contributed by atoms with E-state index >= 15 is 0 Å². The summed E-state index contributed by atoms with van der Waals surface area (Å²) in [5, 5.41) is 0. The van der Waals surface area contributed by atoms with Crippen LogP contribution < -0.4 is 10.5 Å². The van der Waals surface area contributed by atoms with Gasteiger partial charge in [-0.15, -0.1) is 12.4 Å². The third-order valence-electron chi connectivity index (χ3n) is 3.82. The lowest BCUT2D eigenvalue weighted by molar-refractivity contribution is 0.0579. The van der Waals surface area contributed by atoms with Crippen LogP contribution in [-0.2, 0) is 0 Å². The number of benzene rings is 1. The predicted octanol–water partition coefficient (Wildman–Crippen LogP) is 2.60. The minimum atomic E-state index is -0.552. The topological polar surface area (TPSA) is 55.6 Å². The lowest BCUT2D eigenvalue weighted by Crippen LogP contribution is -2.51. The molecule has 1 aromatic rings. The Hall–Kier alpha value is -1.33. The van der Waals surface area contributed by atoms with Gasteiger partial charge in [0, 0.05) is 24.7 Å². The van der Waals surface area contributed by atoms with Crippen LogP contribution in [-0.4, -0.2) is 36.5 Å². The van der Waals surface area contributed by atoms with Gasteiger partial charge in [-0.3, -0.25) is 4.79 Å². The number of rotatable bonds is 3. The maximum absolute atomic E-state index is 14.0. The summed E-state index contributed by atoms with van der Waals surface area (Å²) in [4.78, 5) is 14.2. The van der Waals surface area contributed by atoms with Crippen LogP contribution in [0.15, 0.2) is 18.2 Å². The van der Waals surface area contributed by atoms with Gasteiger partial charge in [0.25, 0.3) is 5.91 Å². The monoisotopic (exact) mass is 316 g/mol. The lowest BCUT2D eigenvalue weighted by atomic mass is 9.96. The predicted molar refractivity (Wildman–Crippen MR) is 82.5 cm³/mol. The van der Waals surface area contributed by atoms with Crippen molar-refractivity contribution >= 4 is 18.3 Å². The zero-order chi connectivity index (χ0) is 14.7. The largest absolute Gasteiger partial charge is 0.497 e. The van der Waals surface area contributed by atoms with Crippen LogP contribution in [0.3, 0.4) is 0 Å². The van der Waals surface area contributed by atoms with Gasteiger partial charge >= 0.3 is 0 Å². The van der Waals surface area contributed by atoms with E-state index in [1.54, 1.807) is 11.0 Å². The molecule has 1 saturated heterocycles. The second-order valence-electron chi connectivity index (χ2n) is 5.27. The maximum Gasteiger partial charge on any atom is 0.257 e. The van der Waals surface area contributed by atoms with Gasteiger partial charge in [0.05, 0.1) is 12.7 Å². The Labute approximate surface area is 130 Å². The van der Waals surface area contributed by atoms with E-state index in [1.165, 1.54) is 19.2 Å². The van der Waals surface area contributed by atoms with Crippen molar-refractivity contribution in [2.24, 2.45) is 5.73 Å². The van der Waals surface area contributed by atoms with Crippen LogP contribution in [0.4, 0.5) is 4.39 Å². The highest BCUT2D eigenvalue weighted by Gasteiger charge is 2.31. The van der Waals surface area contributed by atoms with E-state index in [1.807, 2.05) is 6.92 Å². The number of nitrogens with two attached hydrogens (primary N) is 1. The van der Waals surface area contributed by atoms with Gasteiger partial charge in [0.2, 0.25) is 0 Å². The molecule has 2 unspecified atom stereocenters. The number of carbonyl (C=O) groups excluding carboxylic acids is 1. The molecule has 2 rings (SSSR count). The van der Waals surface area contributed by atoms with Crippen LogP contribution >= 0.6 is 12.4 Å². The fourth-order valence-electron chi connectivity index (χ4n) is 2.71. The molecule has 118 valence electrons. The molecule has 0 bridgehead atoms. The number of halogens is 2. The molecule has 1 aliphatic heterocycles. The highest BCUT2D eigenvalue weighted by atomic mass is 35.5. The molecule has 0 radical (unpaired) electrons. The minimum Gasteiger partial charge on any atom is -0.497 e. The Kier molecular flexibility index (Phi) is 6.42. The normalized spacial score (nSPS) is 19.6. The molecule has 6 heteroatoms. The quantitative estimate of drug-likeness (QED) is 0.932. The minimum absolute atomic E-state index is 0. The molecule has 1 heterocycles. The highest BCUT2D eigenvalue weighted by Crippen LogP contribution is 2.24. The molecule has 21 heavy (non-hydrogen) atoms. The Balaban J connectivity index is 0.00000220. The van der Waals surface area contributed by atoms with Crippen molar-refractivity contribution in [3.05, 3.63) is 29.6 Å². The first-order valence-electron chi connectivity index (χ1n) is 6.94. The average molecular weight is 317 g/mol. The van der Waals surface area contributed by atoms with Crippen LogP contribution in [0.2, 0.25) is 0 Å². The Morgan fingerprint density at radius 2 is 2.19 bits per heavy atom. The summed E-state index contributed by atoms with van der Waals surface area (Å²) in [5.74, 6) is -0.433. The van der Waals surface area contributed by atoms with Crippen molar-refractivity contribution < 1.29 is 13.9 Å². The van der Waals surface area contributed by atoms with Gasteiger partial charge in [0.15, 0.2) is 0 Å². The van der Waals surface area contributed by atoms with Crippen LogP contribution in [0.25, 0.3) is 0 Å². The number of ether oxygens (including phenoxy) is 1. The molecule has 1 aliphatic rings. The molecule has 2 atom stereocenters. The zero-order valence-corrected chi connectivity index (χ0v) is 13.2. The number of carbonyl (C=O) groups is 1. The second kappa shape index (κ2) is 7.61. The summed E-state index contributed by atoms with van der Waals surface area (Å²) in [6.45, 7) is 2.52. The van der Waals surface area contributed by atoms with Gasteiger partial charge in [0.1, 0.15) is 11.6 Å². The number of methoxy groups -OCH3 is 1. The van der Waals surface area contributed by atoms with E-state index < -0.39 is 5.82 Å². The van der Waals surface area contributed by atoms with Crippen molar-refractivity contribution in [2.45, 2.75) is 38.3 Å². The summed E-state index contributed by atoms with van der Waals surface area (Å²) >= 11 is 0. The first kappa shape index (κ1) is 17.7. The standard InChI is InChI=1S/C15H21FN2O2.ClH/c1-10(17)14-5-3-4-8-18(14)15(19)12-7-6-11(20-2)9-13(12)16;/h6-7,9-10,14H,3-5,8,17H2,1-2H3;1H. The van der Waals surface area contributed by atoms with Gasteiger partial charge in [-0.05, 0) is 38.3 Å². The molecule has 4 nitrogen and oxygen atoms in total. The van der Waals surface area contributed by atoms with Gasteiger partial charge in [-0.25, -0.2) is 4.39 Å². The number of likely N-dealkylation sites (tertiary alicyclic amines) is 1. The molecule has 2 N–H and O–H groups in total. The summed E-state index contributed by atoms with van der Waals surface area (Å²) in [7, 11) is 1.47. The highest BCUT2D eigenvalue weighted by molar-refractivity contribution is 5.95. The van der Waals surface area contributed by atoms with E-state index in [9.17, 15) is 9.18 Å². The number of hydrogen-bond donors (Lipinski definition) is 1. The van der Waals surface area contributed by atoms with Crippen molar-refractivity contribution in [2.75, 3.05) is 13.7 Å².